The molecule has 5 aromatic carbocycles. The lowest BCUT2D eigenvalue weighted by Crippen LogP contribution is -2.54. The maximum absolute atomic E-state index is 14.8. The second-order valence-corrected chi connectivity index (χ2v) is 14.8. The Morgan fingerprint density at radius 1 is 0.725 bits per heavy atom. The summed E-state index contributed by atoms with van der Waals surface area (Å²) in [7, 11) is -4.21. The van der Waals surface area contributed by atoms with Gasteiger partial charge in [0.05, 0.1) is 10.6 Å². The average Bonchev–Trinajstić information content (AvgIpc) is 3.67. The van der Waals surface area contributed by atoms with Crippen LogP contribution in [0.5, 0.6) is 11.5 Å². The second-order valence-electron chi connectivity index (χ2n) is 12.9. The van der Waals surface area contributed by atoms with Gasteiger partial charge in [0, 0.05) is 19.0 Å². The van der Waals surface area contributed by atoms with Gasteiger partial charge in [-0.3, -0.25) is 13.9 Å². The molecule has 1 saturated carbocycles. The van der Waals surface area contributed by atoms with Crippen molar-refractivity contribution >= 4 is 27.5 Å². The topological polar surface area (TPSA) is 96.0 Å². The highest BCUT2D eigenvalue weighted by molar-refractivity contribution is 7.92. The highest BCUT2D eigenvalue weighted by atomic mass is 32.2. The van der Waals surface area contributed by atoms with Crippen LogP contribution in [0.1, 0.15) is 42.4 Å². The molecule has 1 aliphatic rings. The SMILES string of the molecule is Cc1ccc(CN(C(=O)CN(c2ccc(Oc3ccccc3)cc2)S(=O)(=O)c2ccccc2)C(Cc2ccccc2)C(=O)NC2CCCC2)cc1. The molecule has 0 saturated heterocycles. The van der Waals surface area contributed by atoms with Gasteiger partial charge in [-0.25, -0.2) is 8.42 Å². The van der Waals surface area contributed by atoms with Gasteiger partial charge in [-0.2, -0.15) is 0 Å². The molecule has 1 atom stereocenters. The maximum Gasteiger partial charge on any atom is 0.264 e. The zero-order chi connectivity index (χ0) is 35.6. The van der Waals surface area contributed by atoms with Crippen molar-refractivity contribution in [2.24, 2.45) is 0 Å². The second kappa shape index (κ2) is 16.5. The van der Waals surface area contributed by atoms with E-state index in [9.17, 15) is 18.0 Å². The molecule has 0 aromatic heterocycles. The molecule has 0 heterocycles. The summed E-state index contributed by atoms with van der Waals surface area (Å²) >= 11 is 0. The molecule has 0 bridgehead atoms. The number of para-hydroxylation sites is 1. The number of nitrogens with zero attached hydrogens (tertiary/aromatic N) is 2. The van der Waals surface area contributed by atoms with E-state index < -0.39 is 28.5 Å². The number of nitrogens with one attached hydrogen (secondary N) is 1. The molecule has 6 rings (SSSR count). The van der Waals surface area contributed by atoms with Crippen LogP contribution in [0, 0.1) is 6.92 Å². The molecule has 1 N–H and O–H groups in total. The van der Waals surface area contributed by atoms with Gasteiger partial charge in [0.2, 0.25) is 11.8 Å². The molecule has 1 unspecified atom stereocenters. The molecule has 262 valence electrons. The predicted octanol–water partition coefficient (Wildman–Crippen LogP) is 7.68. The fourth-order valence-corrected chi connectivity index (χ4v) is 7.80. The first-order chi connectivity index (χ1) is 24.8. The summed E-state index contributed by atoms with van der Waals surface area (Å²) in [5.74, 6) is 0.412. The third-order valence-electron chi connectivity index (χ3n) is 9.16. The van der Waals surface area contributed by atoms with Gasteiger partial charge in [-0.05, 0) is 79.4 Å². The number of ether oxygens (including phenoxy) is 1. The summed E-state index contributed by atoms with van der Waals surface area (Å²) in [4.78, 5) is 30.6. The van der Waals surface area contributed by atoms with Crippen LogP contribution < -0.4 is 14.4 Å². The minimum Gasteiger partial charge on any atom is -0.457 e. The number of rotatable bonds is 14. The first-order valence-electron chi connectivity index (χ1n) is 17.4. The largest absolute Gasteiger partial charge is 0.457 e. The van der Waals surface area contributed by atoms with Crippen LogP contribution in [0.15, 0.2) is 144 Å². The Morgan fingerprint density at radius 3 is 1.92 bits per heavy atom. The summed E-state index contributed by atoms with van der Waals surface area (Å²) in [6.45, 7) is 1.59. The Balaban J connectivity index is 1.37. The summed E-state index contributed by atoms with van der Waals surface area (Å²) in [6.07, 6.45) is 4.14. The van der Waals surface area contributed by atoms with Crippen LogP contribution in [-0.4, -0.2) is 43.8 Å². The Bertz CT molecular complexity index is 1980. The van der Waals surface area contributed by atoms with Gasteiger partial charge in [0.25, 0.3) is 10.0 Å². The molecular weight excluding hydrogens is 659 g/mol. The Morgan fingerprint density at radius 2 is 1.29 bits per heavy atom. The van der Waals surface area contributed by atoms with Crippen LogP contribution in [0.3, 0.4) is 0 Å². The molecule has 51 heavy (non-hydrogen) atoms. The van der Waals surface area contributed by atoms with Gasteiger partial charge in [-0.1, -0.05) is 109 Å². The lowest BCUT2D eigenvalue weighted by molar-refractivity contribution is -0.140. The molecule has 1 aliphatic carbocycles. The van der Waals surface area contributed by atoms with Crippen LogP contribution in [-0.2, 0) is 32.6 Å². The Kier molecular flexibility index (Phi) is 11.5. The van der Waals surface area contributed by atoms with Gasteiger partial charge in [-0.15, -0.1) is 0 Å². The van der Waals surface area contributed by atoms with E-state index in [-0.39, 0.29) is 35.5 Å². The maximum atomic E-state index is 14.8. The fourth-order valence-electron chi connectivity index (χ4n) is 6.37. The molecule has 0 radical (unpaired) electrons. The quantitative estimate of drug-likeness (QED) is 0.128. The van der Waals surface area contributed by atoms with E-state index in [0.717, 1.165) is 46.7 Å². The number of hydrogen-bond acceptors (Lipinski definition) is 5. The summed E-state index contributed by atoms with van der Waals surface area (Å²) in [6, 6.07) is 40.5. The Hall–Kier alpha value is -5.41. The molecule has 0 aliphatic heterocycles. The van der Waals surface area contributed by atoms with Gasteiger partial charge in [0.15, 0.2) is 0 Å². The smallest absolute Gasteiger partial charge is 0.264 e. The highest BCUT2D eigenvalue weighted by Gasteiger charge is 2.35. The molecule has 8 nitrogen and oxygen atoms in total. The van der Waals surface area contributed by atoms with E-state index in [1.807, 2.05) is 91.9 Å². The van der Waals surface area contributed by atoms with Crippen LogP contribution in [0.4, 0.5) is 5.69 Å². The summed E-state index contributed by atoms with van der Waals surface area (Å²) in [5.41, 5.74) is 3.09. The van der Waals surface area contributed by atoms with Crippen molar-refractivity contribution in [3.05, 3.63) is 156 Å². The lowest BCUT2D eigenvalue weighted by Gasteiger charge is -2.34. The van der Waals surface area contributed by atoms with Crippen LogP contribution >= 0.6 is 0 Å². The third-order valence-corrected chi connectivity index (χ3v) is 10.9. The Labute approximate surface area is 300 Å². The minimum atomic E-state index is -4.21. The number of carbonyl (C=O) groups excluding carboxylic acids is 2. The molecule has 9 heteroatoms. The average molecular weight is 702 g/mol. The number of sulfonamides is 1. The minimum absolute atomic E-state index is 0.0404. The fraction of sp³-hybridized carbons (Fsp3) is 0.238. The van der Waals surface area contributed by atoms with Gasteiger partial charge in [0.1, 0.15) is 24.1 Å². The van der Waals surface area contributed by atoms with Gasteiger partial charge < -0.3 is 15.0 Å². The number of aryl methyl sites for hydroxylation is 1. The molecule has 0 spiro atoms. The van der Waals surface area contributed by atoms with Crippen molar-refractivity contribution < 1.29 is 22.7 Å². The highest BCUT2D eigenvalue weighted by Crippen LogP contribution is 2.29. The first kappa shape index (κ1) is 35.4. The van der Waals surface area contributed by atoms with Crippen molar-refractivity contribution in [2.45, 2.75) is 62.6 Å². The normalized spacial score (nSPS) is 13.7. The summed E-state index contributed by atoms with van der Waals surface area (Å²) in [5, 5.41) is 3.22. The van der Waals surface area contributed by atoms with Crippen molar-refractivity contribution in [3.8, 4) is 11.5 Å². The van der Waals surface area contributed by atoms with Crippen molar-refractivity contribution in [2.75, 3.05) is 10.8 Å². The zero-order valence-corrected chi connectivity index (χ0v) is 29.5. The number of amides is 2. The summed E-state index contributed by atoms with van der Waals surface area (Å²) < 4.78 is 35.7. The number of benzene rings is 5. The molecule has 5 aromatic rings. The lowest BCUT2D eigenvalue weighted by atomic mass is 10.0. The van der Waals surface area contributed by atoms with E-state index in [0.29, 0.717) is 11.5 Å². The first-order valence-corrected chi connectivity index (χ1v) is 18.8. The van der Waals surface area contributed by atoms with Gasteiger partial charge >= 0.3 is 0 Å². The number of anilines is 1. The van der Waals surface area contributed by atoms with Crippen molar-refractivity contribution in [1.82, 2.24) is 10.2 Å². The molecule has 1 fully saturated rings. The van der Waals surface area contributed by atoms with Crippen molar-refractivity contribution in [3.63, 3.8) is 0 Å². The third kappa shape index (κ3) is 9.23. The van der Waals surface area contributed by atoms with Crippen LogP contribution in [0.2, 0.25) is 0 Å². The van der Waals surface area contributed by atoms with Crippen molar-refractivity contribution in [1.29, 1.82) is 0 Å². The van der Waals surface area contributed by atoms with E-state index in [2.05, 4.69) is 5.32 Å². The predicted molar refractivity (Wildman–Crippen MR) is 200 cm³/mol. The molecule has 2 amide bonds. The molecular formula is C42H43N3O5S. The zero-order valence-electron chi connectivity index (χ0n) is 28.7. The number of carbonyl (C=O) groups is 2. The number of hydrogen-bond donors (Lipinski definition) is 1. The monoisotopic (exact) mass is 701 g/mol. The van der Waals surface area contributed by atoms with E-state index in [1.165, 1.54) is 12.1 Å². The standard InChI is InChI=1S/C42H43N3O5S/c1-32-21-23-34(24-22-32)30-44(40(29-33-13-5-2-6-14-33)42(47)43-35-15-11-12-16-35)41(46)31-45(51(48,49)39-19-9-4-10-20-39)36-25-27-38(28-26-36)50-37-17-7-3-8-18-37/h2-10,13-14,17-28,35,40H,11-12,15-16,29-31H2,1H3,(H,43,47). The van der Waals surface area contributed by atoms with E-state index in [1.54, 1.807) is 47.4 Å². The van der Waals surface area contributed by atoms with E-state index in [4.69, 9.17) is 4.74 Å². The van der Waals surface area contributed by atoms with E-state index >= 15 is 0 Å². The van der Waals surface area contributed by atoms with Crippen LogP contribution in [0.25, 0.3) is 0 Å².